The van der Waals surface area contributed by atoms with Crippen molar-refractivity contribution in [2.45, 2.75) is 88.4 Å². The second-order valence-corrected chi connectivity index (χ2v) is 11.7. The van der Waals surface area contributed by atoms with Gasteiger partial charge in [0.2, 0.25) is 11.6 Å². The molecule has 0 aromatic heterocycles. The Bertz CT molecular complexity index is 1420. The molecule has 0 spiro atoms. The van der Waals surface area contributed by atoms with Crippen LogP contribution in [0.3, 0.4) is 0 Å². The number of amides is 1. The van der Waals surface area contributed by atoms with E-state index in [-0.39, 0.29) is 24.3 Å². The summed E-state index contributed by atoms with van der Waals surface area (Å²) in [5.74, 6) is -2.68. The monoisotopic (exact) mass is 566 g/mol. The fraction of sp³-hybridized carbons (Fsp3) is 0.548. The first-order valence-electron chi connectivity index (χ1n) is 15.2. The fourth-order valence-electron chi connectivity index (χ4n) is 7.14. The molecule has 1 saturated heterocycles. The maximum Gasteiger partial charge on any atom is 0.426 e. The molecule has 9 heteroatoms. The van der Waals surface area contributed by atoms with Crippen molar-refractivity contribution in [3.63, 3.8) is 0 Å². The summed E-state index contributed by atoms with van der Waals surface area (Å²) in [6, 6.07) is 7.41. The highest BCUT2D eigenvalue weighted by Crippen LogP contribution is 2.51. The Labute approximate surface area is 234 Å². The van der Waals surface area contributed by atoms with Gasteiger partial charge in [-0.15, -0.1) is 0 Å². The van der Waals surface area contributed by atoms with Gasteiger partial charge >= 0.3 is 12.1 Å². The third-order valence-electron chi connectivity index (χ3n) is 9.48. The number of hydrogen-bond donors (Lipinski definition) is 1. The summed E-state index contributed by atoms with van der Waals surface area (Å²) >= 11 is 0. The van der Waals surface area contributed by atoms with Gasteiger partial charge in [-0.1, -0.05) is 30.3 Å². The van der Waals surface area contributed by atoms with E-state index in [4.69, 9.17) is 4.11 Å². The Hall–Kier alpha value is -2.97. The Kier molecular flexibility index (Phi) is 6.29. The summed E-state index contributed by atoms with van der Waals surface area (Å²) in [6.07, 6.45) is -2.09. The van der Waals surface area contributed by atoms with Crippen molar-refractivity contribution in [2.24, 2.45) is 11.8 Å². The van der Waals surface area contributed by atoms with Crippen molar-refractivity contribution in [3.8, 4) is 0 Å². The van der Waals surface area contributed by atoms with Crippen LogP contribution in [0.2, 0.25) is 0 Å². The van der Waals surface area contributed by atoms with Gasteiger partial charge < -0.3 is 10.0 Å². The second-order valence-electron chi connectivity index (χ2n) is 11.7. The van der Waals surface area contributed by atoms with Gasteiger partial charge in [-0.05, 0) is 99.0 Å². The molecule has 2 aliphatic carbocycles. The molecule has 0 bridgehead atoms. The second kappa shape index (κ2) is 10.1. The summed E-state index contributed by atoms with van der Waals surface area (Å²) in [5, 5.41) is 9.35. The molecule has 2 aromatic carbocycles. The van der Waals surface area contributed by atoms with Crippen molar-refractivity contribution in [2.75, 3.05) is 6.54 Å². The van der Waals surface area contributed by atoms with Gasteiger partial charge in [0, 0.05) is 28.0 Å². The van der Waals surface area contributed by atoms with Gasteiger partial charge in [0.05, 0.1) is 5.92 Å². The molecule has 1 N–H and O–H groups in total. The average Bonchev–Trinajstić information content (AvgIpc) is 3.30. The first-order chi connectivity index (χ1) is 20.0. The van der Waals surface area contributed by atoms with E-state index in [0.29, 0.717) is 75.1 Å². The van der Waals surface area contributed by atoms with E-state index < -0.39 is 52.9 Å². The predicted octanol–water partition coefficient (Wildman–Crippen LogP) is 6.80. The zero-order chi connectivity index (χ0) is 31.5. The van der Waals surface area contributed by atoms with E-state index in [2.05, 4.69) is 0 Å². The highest BCUT2D eigenvalue weighted by Gasteiger charge is 2.56. The summed E-state index contributed by atoms with van der Waals surface area (Å²) in [6.45, 7) is -1.81. The number of nitrogens with zero attached hydrogens (tertiary/aromatic N) is 1. The number of rotatable bonds is 5. The first kappa shape index (κ1) is 24.8. The lowest BCUT2D eigenvalue weighted by molar-refractivity contribution is -0.228. The molecule has 3 aliphatic rings. The third-order valence-corrected chi connectivity index (χ3v) is 9.48. The minimum atomic E-state index is -5.12. The number of carboxylic acids is 1. The Morgan fingerprint density at radius 2 is 1.75 bits per heavy atom. The van der Waals surface area contributed by atoms with Gasteiger partial charge in [0.1, 0.15) is 5.82 Å². The molecular formula is C31H34F5NO3. The SMILES string of the molecule is [2H]C([2H])([2H])c1ccc(CC23CCN(C(=O)[C@H]4CC[C@H](C(=O)O)CC4)C2CCc2cc(C(C)(F)C(F)(F)F)ccc23)cc1F. The minimum absolute atomic E-state index is 0.0897. The van der Waals surface area contributed by atoms with Crippen LogP contribution >= 0.6 is 0 Å². The minimum Gasteiger partial charge on any atom is -0.481 e. The molecule has 2 aromatic rings. The van der Waals surface area contributed by atoms with E-state index in [1.807, 2.05) is 0 Å². The van der Waals surface area contributed by atoms with Gasteiger partial charge in [-0.3, -0.25) is 9.59 Å². The average molecular weight is 567 g/mol. The molecule has 40 heavy (non-hydrogen) atoms. The predicted molar refractivity (Wildman–Crippen MR) is 139 cm³/mol. The van der Waals surface area contributed by atoms with E-state index in [1.165, 1.54) is 24.3 Å². The molecule has 216 valence electrons. The molecule has 1 saturated carbocycles. The topological polar surface area (TPSA) is 57.6 Å². The summed E-state index contributed by atoms with van der Waals surface area (Å²) < 4.78 is 93.2. The fourth-order valence-corrected chi connectivity index (χ4v) is 7.14. The van der Waals surface area contributed by atoms with E-state index >= 15 is 0 Å². The number of carboxylic acid groups (broad SMARTS) is 1. The molecule has 1 amide bonds. The maximum absolute atomic E-state index is 15.0. The molecular weight excluding hydrogens is 529 g/mol. The van der Waals surface area contributed by atoms with Crippen LogP contribution < -0.4 is 0 Å². The van der Waals surface area contributed by atoms with E-state index in [0.717, 1.165) is 12.1 Å². The number of fused-ring (bicyclic) bond motifs is 3. The molecule has 0 radical (unpaired) electrons. The third kappa shape index (κ3) is 4.79. The van der Waals surface area contributed by atoms with Gasteiger partial charge in [-0.2, -0.15) is 13.2 Å². The molecule has 3 unspecified atom stereocenters. The van der Waals surface area contributed by atoms with Crippen molar-refractivity contribution in [1.29, 1.82) is 0 Å². The number of aryl methyl sites for hydroxylation is 2. The van der Waals surface area contributed by atoms with Crippen LogP contribution in [0.1, 0.15) is 77.4 Å². The number of benzene rings is 2. The largest absolute Gasteiger partial charge is 0.481 e. The number of carbonyl (C=O) groups is 2. The number of likely N-dealkylation sites (tertiary alicyclic amines) is 1. The standard InChI is InChI=1S/C31H34F5NO3/c1-18-3-4-19(15-25(18)32)17-30-13-14-37(27(38)20-5-7-21(8-6-20)28(39)40)26(30)12-9-22-16-23(10-11-24(22)30)29(2,33)31(34,35)36/h3-4,10-11,15-16,20-21,26H,5-9,12-14,17H2,1-2H3,(H,39,40)/t20-,21-,26?,29?,30?/i1D3. The Morgan fingerprint density at radius 1 is 1.05 bits per heavy atom. The van der Waals surface area contributed by atoms with Gasteiger partial charge in [-0.25, -0.2) is 8.78 Å². The van der Waals surface area contributed by atoms with E-state index in [9.17, 15) is 36.6 Å². The number of aliphatic carboxylic acids is 1. The molecule has 3 atom stereocenters. The van der Waals surface area contributed by atoms with Gasteiger partial charge in [0.25, 0.3) is 0 Å². The number of alkyl halides is 4. The van der Waals surface area contributed by atoms with E-state index in [1.54, 1.807) is 4.90 Å². The lowest BCUT2D eigenvalue weighted by atomic mass is 9.63. The van der Waals surface area contributed by atoms with Crippen LogP contribution in [0.15, 0.2) is 36.4 Å². The quantitative estimate of drug-likeness (QED) is 0.405. The Morgan fingerprint density at radius 3 is 2.38 bits per heavy atom. The lowest BCUT2D eigenvalue weighted by Crippen LogP contribution is -2.51. The number of halogens is 5. The van der Waals surface area contributed by atoms with Crippen LogP contribution in [-0.2, 0) is 33.5 Å². The maximum atomic E-state index is 15.0. The van der Waals surface area contributed by atoms with Crippen molar-refractivity contribution in [1.82, 2.24) is 4.90 Å². The normalized spacial score (nSPS) is 29.4. The summed E-state index contributed by atoms with van der Waals surface area (Å²) in [4.78, 5) is 27.0. The molecule has 5 rings (SSSR count). The van der Waals surface area contributed by atoms with Crippen LogP contribution in [0.5, 0.6) is 0 Å². The zero-order valence-electron chi connectivity index (χ0n) is 25.2. The first-order valence-corrected chi connectivity index (χ1v) is 13.7. The smallest absolute Gasteiger partial charge is 0.426 e. The van der Waals surface area contributed by atoms with Crippen LogP contribution in [-0.4, -0.2) is 40.6 Å². The van der Waals surface area contributed by atoms with Crippen LogP contribution in [0.4, 0.5) is 22.0 Å². The molecule has 2 fully saturated rings. The van der Waals surface area contributed by atoms with Crippen LogP contribution in [0.25, 0.3) is 0 Å². The molecule has 1 heterocycles. The summed E-state index contributed by atoms with van der Waals surface area (Å²) in [5.41, 5.74) is -3.62. The van der Waals surface area contributed by atoms with Crippen molar-refractivity contribution >= 4 is 11.9 Å². The highest BCUT2D eigenvalue weighted by atomic mass is 19.4. The highest BCUT2D eigenvalue weighted by molar-refractivity contribution is 5.80. The number of carbonyl (C=O) groups excluding carboxylic acids is 1. The van der Waals surface area contributed by atoms with Gasteiger partial charge in [0.15, 0.2) is 0 Å². The number of hydrogen-bond acceptors (Lipinski definition) is 2. The zero-order valence-corrected chi connectivity index (χ0v) is 22.2. The molecule has 4 nitrogen and oxygen atoms in total. The molecule has 1 aliphatic heterocycles. The lowest BCUT2D eigenvalue weighted by Gasteiger charge is -2.45. The van der Waals surface area contributed by atoms with Crippen LogP contribution in [0, 0.1) is 24.5 Å². The summed E-state index contributed by atoms with van der Waals surface area (Å²) in [7, 11) is 0. The van der Waals surface area contributed by atoms with Crippen molar-refractivity contribution < 1.29 is 40.8 Å². The Balaban J connectivity index is 1.52. The van der Waals surface area contributed by atoms with Crippen molar-refractivity contribution in [3.05, 3.63) is 70.0 Å².